The predicted octanol–water partition coefficient (Wildman–Crippen LogP) is 3.50. The van der Waals surface area contributed by atoms with Gasteiger partial charge in [0.1, 0.15) is 5.82 Å². The average molecular weight is 356 g/mol. The quantitative estimate of drug-likeness (QED) is 0.770. The van der Waals surface area contributed by atoms with Gasteiger partial charge in [-0.25, -0.2) is 0 Å². The molecule has 4 rings (SSSR count). The number of amides is 1. The summed E-state index contributed by atoms with van der Waals surface area (Å²) in [5.41, 5.74) is 1.08. The minimum absolute atomic E-state index is 0.215. The Kier molecular flexibility index (Phi) is 4.79. The van der Waals surface area contributed by atoms with Crippen LogP contribution in [0, 0.1) is 5.92 Å². The summed E-state index contributed by atoms with van der Waals surface area (Å²) in [7, 11) is 0. The Bertz CT molecular complexity index is 733. The zero-order valence-electron chi connectivity index (χ0n) is 14.6. The van der Waals surface area contributed by atoms with Crippen LogP contribution in [0.1, 0.15) is 44.3 Å². The fourth-order valence-electron chi connectivity index (χ4n) is 3.28. The third-order valence-electron chi connectivity index (χ3n) is 5.08. The van der Waals surface area contributed by atoms with Crippen molar-refractivity contribution in [3.63, 3.8) is 0 Å². The zero-order chi connectivity index (χ0) is 17.2. The van der Waals surface area contributed by atoms with Gasteiger partial charge >= 0.3 is 0 Å². The molecule has 2 aromatic rings. The largest absolute Gasteiger partial charge is 0.342 e. The van der Waals surface area contributed by atoms with Gasteiger partial charge in [-0.2, -0.15) is 0 Å². The molecule has 2 fully saturated rings. The second kappa shape index (κ2) is 7.20. The highest BCUT2D eigenvalue weighted by molar-refractivity contribution is 7.99. The van der Waals surface area contributed by atoms with Crippen LogP contribution in [0.3, 0.4) is 0 Å². The molecule has 0 unspecified atom stereocenters. The standard InChI is InChI=1S/C19H24N4OS/c1-14-9-11-22(12-10-14)17(24)13-25-19-21-20-18(15-7-8-15)23(19)16-5-3-2-4-6-16/h2-6,14-15H,7-13H2,1H3. The summed E-state index contributed by atoms with van der Waals surface area (Å²) in [6.45, 7) is 4.04. The van der Waals surface area contributed by atoms with Gasteiger partial charge in [0.25, 0.3) is 0 Å². The van der Waals surface area contributed by atoms with Gasteiger partial charge in [-0.3, -0.25) is 9.36 Å². The SMILES string of the molecule is CC1CCN(C(=O)CSc2nnc(C3CC3)n2-c2ccccc2)CC1. The van der Waals surface area contributed by atoms with Crippen LogP contribution in [0.15, 0.2) is 35.5 Å². The molecule has 0 radical (unpaired) electrons. The van der Waals surface area contributed by atoms with Gasteiger partial charge in [0, 0.05) is 24.7 Å². The first-order valence-electron chi connectivity index (χ1n) is 9.13. The summed E-state index contributed by atoms with van der Waals surface area (Å²) >= 11 is 1.51. The number of hydrogen-bond donors (Lipinski definition) is 0. The highest BCUT2D eigenvalue weighted by Crippen LogP contribution is 2.41. The van der Waals surface area contributed by atoms with E-state index in [4.69, 9.17) is 0 Å². The van der Waals surface area contributed by atoms with Crippen LogP contribution in [0.2, 0.25) is 0 Å². The van der Waals surface area contributed by atoms with Crippen LogP contribution < -0.4 is 0 Å². The Labute approximate surface area is 152 Å². The summed E-state index contributed by atoms with van der Waals surface area (Å²) in [5.74, 6) is 2.94. The van der Waals surface area contributed by atoms with Crippen molar-refractivity contribution in [3.05, 3.63) is 36.2 Å². The summed E-state index contributed by atoms with van der Waals surface area (Å²) in [6, 6.07) is 10.2. The van der Waals surface area contributed by atoms with Gasteiger partial charge < -0.3 is 4.90 Å². The van der Waals surface area contributed by atoms with Crippen LogP contribution in [-0.2, 0) is 4.79 Å². The van der Waals surface area contributed by atoms with Crippen LogP contribution in [0.4, 0.5) is 0 Å². The number of aromatic nitrogens is 3. The Hall–Kier alpha value is -1.82. The summed E-state index contributed by atoms with van der Waals surface area (Å²) in [5, 5.41) is 9.64. The first kappa shape index (κ1) is 16.6. The second-order valence-corrected chi connectivity index (χ2v) is 8.08. The van der Waals surface area contributed by atoms with Gasteiger partial charge in [-0.15, -0.1) is 10.2 Å². The summed E-state index contributed by atoms with van der Waals surface area (Å²) in [6.07, 6.45) is 4.59. The molecule has 1 aliphatic heterocycles. The predicted molar refractivity (Wildman–Crippen MR) is 99.0 cm³/mol. The van der Waals surface area contributed by atoms with Crippen LogP contribution >= 0.6 is 11.8 Å². The molecule has 2 heterocycles. The van der Waals surface area contributed by atoms with Crippen molar-refractivity contribution in [1.29, 1.82) is 0 Å². The maximum atomic E-state index is 12.5. The number of likely N-dealkylation sites (tertiary alicyclic amines) is 1. The maximum absolute atomic E-state index is 12.5. The number of rotatable bonds is 5. The number of para-hydroxylation sites is 1. The van der Waals surface area contributed by atoms with Gasteiger partial charge in [-0.1, -0.05) is 36.9 Å². The summed E-state index contributed by atoms with van der Waals surface area (Å²) in [4.78, 5) is 14.5. The third kappa shape index (κ3) is 3.73. The minimum Gasteiger partial charge on any atom is -0.342 e. The molecule has 1 saturated carbocycles. The fourth-order valence-corrected chi connectivity index (χ4v) is 4.14. The van der Waals surface area contributed by atoms with E-state index in [2.05, 4.69) is 33.8 Å². The lowest BCUT2D eigenvalue weighted by molar-refractivity contribution is -0.129. The Morgan fingerprint density at radius 2 is 1.84 bits per heavy atom. The van der Waals surface area contributed by atoms with Crippen molar-refractivity contribution < 1.29 is 4.79 Å². The Morgan fingerprint density at radius 1 is 1.12 bits per heavy atom. The molecule has 1 aromatic heterocycles. The lowest BCUT2D eigenvalue weighted by Crippen LogP contribution is -2.38. The topological polar surface area (TPSA) is 51.0 Å². The minimum atomic E-state index is 0.215. The zero-order valence-corrected chi connectivity index (χ0v) is 15.4. The van der Waals surface area contributed by atoms with Crippen molar-refractivity contribution in [2.75, 3.05) is 18.8 Å². The molecule has 2 aliphatic rings. The number of carbonyl (C=O) groups excluding carboxylic acids is 1. The van der Waals surface area contributed by atoms with E-state index in [1.165, 1.54) is 24.6 Å². The van der Waals surface area contributed by atoms with Crippen molar-refractivity contribution in [3.8, 4) is 5.69 Å². The lowest BCUT2D eigenvalue weighted by atomic mass is 9.99. The Balaban J connectivity index is 1.48. The first-order chi connectivity index (χ1) is 12.2. The van der Waals surface area contributed by atoms with E-state index in [9.17, 15) is 4.79 Å². The lowest BCUT2D eigenvalue weighted by Gasteiger charge is -2.30. The molecule has 1 aliphatic carbocycles. The molecule has 1 aromatic carbocycles. The number of hydrogen-bond acceptors (Lipinski definition) is 4. The second-order valence-electron chi connectivity index (χ2n) is 7.14. The average Bonchev–Trinajstić information content (AvgIpc) is 3.40. The number of piperidine rings is 1. The molecule has 0 spiro atoms. The smallest absolute Gasteiger partial charge is 0.233 e. The Morgan fingerprint density at radius 3 is 2.52 bits per heavy atom. The van der Waals surface area contributed by atoms with E-state index in [0.717, 1.165) is 48.5 Å². The first-order valence-corrected chi connectivity index (χ1v) is 10.1. The summed E-state index contributed by atoms with van der Waals surface area (Å²) < 4.78 is 2.13. The molecule has 25 heavy (non-hydrogen) atoms. The van der Waals surface area contributed by atoms with Crippen molar-refractivity contribution in [2.45, 2.75) is 43.7 Å². The monoisotopic (exact) mass is 356 g/mol. The molecule has 132 valence electrons. The van der Waals surface area contributed by atoms with Crippen LogP contribution in [0.5, 0.6) is 0 Å². The highest BCUT2D eigenvalue weighted by atomic mass is 32.2. The number of thioether (sulfide) groups is 1. The molecule has 0 N–H and O–H groups in total. The van der Waals surface area contributed by atoms with E-state index in [1.807, 2.05) is 23.1 Å². The van der Waals surface area contributed by atoms with E-state index in [-0.39, 0.29) is 5.91 Å². The van der Waals surface area contributed by atoms with Gasteiger partial charge in [0.05, 0.1) is 5.75 Å². The third-order valence-corrected chi connectivity index (χ3v) is 5.99. The van der Waals surface area contributed by atoms with E-state index < -0.39 is 0 Å². The molecule has 0 atom stereocenters. The molecule has 5 nitrogen and oxygen atoms in total. The number of carbonyl (C=O) groups is 1. The van der Waals surface area contributed by atoms with Gasteiger partial charge in [-0.05, 0) is 43.7 Å². The van der Waals surface area contributed by atoms with Gasteiger partial charge in [0.2, 0.25) is 5.91 Å². The molecule has 6 heteroatoms. The molecule has 1 amide bonds. The highest BCUT2D eigenvalue weighted by Gasteiger charge is 2.31. The van der Waals surface area contributed by atoms with E-state index >= 15 is 0 Å². The van der Waals surface area contributed by atoms with E-state index in [1.54, 1.807) is 0 Å². The molecule has 1 saturated heterocycles. The number of benzene rings is 1. The van der Waals surface area contributed by atoms with Crippen LogP contribution in [-0.4, -0.2) is 44.4 Å². The molecular formula is C19H24N4OS. The van der Waals surface area contributed by atoms with E-state index in [0.29, 0.717) is 11.7 Å². The van der Waals surface area contributed by atoms with Crippen LogP contribution in [0.25, 0.3) is 5.69 Å². The van der Waals surface area contributed by atoms with Crippen molar-refractivity contribution in [1.82, 2.24) is 19.7 Å². The molecule has 0 bridgehead atoms. The van der Waals surface area contributed by atoms with Crippen molar-refractivity contribution >= 4 is 17.7 Å². The van der Waals surface area contributed by atoms with Crippen molar-refractivity contribution in [2.24, 2.45) is 5.92 Å². The number of nitrogens with zero attached hydrogens (tertiary/aromatic N) is 4. The normalized spacial score (nSPS) is 18.5. The fraction of sp³-hybridized carbons (Fsp3) is 0.526. The van der Waals surface area contributed by atoms with Gasteiger partial charge in [0.15, 0.2) is 5.16 Å². The molecular weight excluding hydrogens is 332 g/mol. The maximum Gasteiger partial charge on any atom is 0.233 e.